The molecule has 0 amide bonds. The van der Waals surface area contributed by atoms with Crippen molar-refractivity contribution in [2.75, 3.05) is 6.61 Å². The first-order valence-corrected chi connectivity index (χ1v) is 5.18. The van der Waals surface area contributed by atoms with Gasteiger partial charge in [0.05, 0.1) is 18.8 Å². The number of pyridine rings is 1. The van der Waals surface area contributed by atoms with Crippen LogP contribution >= 0.6 is 0 Å². The third kappa shape index (κ3) is 2.20. The Balaban J connectivity index is 3.58. The molecule has 1 N–H and O–H groups in total. The predicted octanol–water partition coefficient (Wildman–Crippen LogP) is 0.811. The van der Waals surface area contributed by atoms with Gasteiger partial charge in [0, 0.05) is 0 Å². The van der Waals surface area contributed by atoms with Crippen molar-refractivity contribution in [3.8, 4) is 18.1 Å². The number of aromatic hydroxyl groups is 1. The maximum atomic E-state index is 13.7. The van der Waals surface area contributed by atoms with Crippen molar-refractivity contribution in [3.05, 3.63) is 27.4 Å². The lowest BCUT2D eigenvalue weighted by molar-refractivity contribution is 0.0519. The van der Waals surface area contributed by atoms with Crippen molar-refractivity contribution in [3.63, 3.8) is 0 Å². The Kier molecular flexibility index (Phi) is 4.10. The monoisotopic (exact) mass is 253 g/mol. The molecule has 0 aliphatic rings. The van der Waals surface area contributed by atoms with E-state index >= 15 is 0 Å². The molecule has 1 aromatic rings. The Labute approximate surface area is 103 Å². The lowest BCUT2D eigenvalue weighted by Gasteiger charge is -2.12. The van der Waals surface area contributed by atoms with Gasteiger partial charge in [0.1, 0.15) is 0 Å². The summed E-state index contributed by atoms with van der Waals surface area (Å²) in [5, 5.41) is 9.51. The molecule has 5 nitrogen and oxygen atoms in total. The van der Waals surface area contributed by atoms with E-state index in [9.17, 15) is 19.1 Å². The van der Waals surface area contributed by atoms with E-state index in [1.54, 1.807) is 0 Å². The number of carbonyl (C=O) groups is 1. The lowest BCUT2D eigenvalue weighted by Crippen LogP contribution is -2.30. The fourth-order valence-electron chi connectivity index (χ4n) is 1.46. The van der Waals surface area contributed by atoms with Crippen molar-refractivity contribution in [1.29, 1.82) is 0 Å². The number of carbonyl (C=O) groups excluding carboxylic acids is 1. The van der Waals surface area contributed by atoms with Gasteiger partial charge < -0.3 is 9.84 Å². The SMILES string of the molecule is C#CCn1c(C)c(F)c(O)c(C(=O)OCC)c1=O. The second-order valence-corrected chi connectivity index (χ2v) is 3.44. The molecule has 0 saturated heterocycles. The number of hydrogen-bond donors (Lipinski definition) is 1. The summed E-state index contributed by atoms with van der Waals surface area (Å²) in [7, 11) is 0. The van der Waals surface area contributed by atoms with Crippen LogP contribution in [-0.4, -0.2) is 22.2 Å². The molecule has 1 aromatic heterocycles. The second-order valence-electron chi connectivity index (χ2n) is 3.44. The highest BCUT2D eigenvalue weighted by molar-refractivity contribution is 5.92. The summed E-state index contributed by atoms with van der Waals surface area (Å²) in [4.78, 5) is 23.4. The lowest BCUT2D eigenvalue weighted by atomic mass is 10.2. The third-order valence-corrected chi connectivity index (χ3v) is 2.36. The fraction of sp³-hybridized carbons (Fsp3) is 0.333. The largest absolute Gasteiger partial charge is 0.504 e. The normalized spacial score (nSPS) is 9.89. The molecule has 0 bridgehead atoms. The van der Waals surface area contributed by atoms with Crippen molar-refractivity contribution in [2.45, 2.75) is 20.4 Å². The minimum atomic E-state index is -1.08. The summed E-state index contributed by atoms with van der Waals surface area (Å²) >= 11 is 0. The Morgan fingerprint density at radius 1 is 1.61 bits per heavy atom. The summed E-state index contributed by atoms with van der Waals surface area (Å²) in [5.41, 5.74) is -1.75. The van der Waals surface area contributed by atoms with Crippen LogP contribution in [0.15, 0.2) is 4.79 Å². The molecule has 0 aliphatic carbocycles. The van der Waals surface area contributed by atoms with Gasteiger partial charge in [-0.2, -0.15) is 0 Å². The zero-order valence-corrected chi connectivity index (χ0v) is 9.99. The zero-order chi connectivity index (χ0) is 13.9. The van der Waals surface area contributed by atoms with Gasteiger partial charge in [-0.25, -0.2) is 9.18 Å². The van der Waals surface area contributed by atoms with Crippen molar-refractivity contribution < 1.29 is 19.0 Å². The quantitative estimate of drug-likeness (QED) is 0.639. The van der Waals surface area contributed by atoms with Crippen LogP contribution in [0.5, 0.6) is 5.75 Å². The first-order valence-electron chi connectivity index (χ1n) is 5.18. The molecule has 0 spiro atoms. The van der Waals surface area contributed by atoms with Gasteiger partial charge in [-0.05, 0) is 13.8 Å². The smallest absolute Gasteiger partial charge is 0.347 e. The van der Waals surface area contributed by atoms with Gasteiger partial charge in [0.15, 0.2) is 17.1 Å². The highest BCUT2D eigenvalue weighted by Gasteiger charge is 2.25. The number of hydrogen-bond acceptors (Lipinski definition) is 4. The summed E-state index contributed by atoms with van der Waals surface area (Å²) < 4.78 is 19.1. The molecule has 0 aliphatic heterocycles. The molecule has 1 heterocycles. The number of halogens is 1. The highest BCUT2D eigenvalue weighted by atomic mass is 19.1. The highest BCUT2D eigenvalue weighted by Crippen LogP contribution is 2.21. The number of aromatic nitrogens is 1. The maximum Gasteiger partial charge on any atom is 0.347 e. The van der Waals surface area contributed by atoms with Crippen LogP contribution in [0.1, 0.15) is 23.0 Å². The molecule has 6 heteroatoms. The molecule has 0 unspecified atom stereocenters. The van der Waals surface area contributed by atoms with E-state index in [4.69, 9.17) is 6.42 Å². The van der Waals surface area contributed by atoms with Crippen LogP contribution in [0, 0.1) is 25.1 Å². The molecule has 0 radical (unpaired) electrons. The van der Waals surface area contributed by atoms with Crippen LogP contribution in [0.3, 0.4) is 0 Å². The van der Waals surface area contributed by atoms with Crippen LogP contribution in [-0.2, 0) is 11.3 Å². The van der Waals surface area contributed by atoms with Crippen LogP contribution in [0.25, 0.3) is 0 Å². The number of terminal acetylenes is 1. The molecular formula is C12H12FNO4. The van der Waals surface area contributed by atoms with Gasteiger partial charge >= 0.3 is 5.97 Å². The van der Waals surface area contributed by atoms with E-state index < -0.39 is 28.7 Å². The molecule has 96 valence electrons. The van der Waals surface area contributed by atoms with Crippen molar-refractivity contribution in [1.82, 2.24) is 4.57 Å². The maximum absolute atomic E-state index is 13.7. The van der Waals surface area contributed by atoms with E-state index in [2.05, 4.69) is 10.7 Å². The summed E-state index contributed by atoms with van der Waals surface area (Å²) in [5.74, 6) is -0.978. The predicted molar refractivity (Wildman–Crippen MR) is 61.9 cm³/mol. The average molecular weight is 253 g/mol. The first kappa shape index (κ1) is 13.8. The second kappa shape index (κ2) is 5.36. The zero-order valence-electron chi connectivity index (χ0n) is 9.99. The van der Waals surface area contributed by atoms with Gasteiger partial charge in [-0.3, -0.25) is 9.36 Å². The number of nitrogens with zero attached hydrogens (tertiary/aromatic N) is 1. The Hall–Kier alpha value is -2.29. The molecule has 0 saturated carbocycles. The molecule has 0 aromatic carbocycles. The first-order chi connectivity index (χ1) is 8.45. The molecule has 0 atom stereocenters. The van der Waals surface area contributed by atoms with E-state index in [0.717, 1.165) is 4.57 Å². The average Bonchev–Trinajstić information content (AvgIpc) is 2.32. The Bertz CT molecular complexity index is 583. The molecular weight excluding hydrogens is 241 g/mol. The molecule has 0 fully saturated rings. The Morgan fingerprint density at radius 2 is 2.22 bits per heavy atom. The topological polar surface area (TPSA) is 68.5 Å². The van der Waals surface area contributed by atoms with E-state index in [1.165, 1.54) is 13.8 Å². The van der Waals surface area contributed by atoms with Crippen molar-refractivity contribution >= 4 is 5.97 Å². The third-order valence-electron chi connectivity index (χ3n) is 2.36. The fourth-order valence-corrected chi connectivity index (χ4v) is 1.46. The van der Waals surface area contributed by atoms with E-state index in [-0.39, 0.29) is 18.8 Å². The summed E-state index contributed by atoms with van der Waals surface area (Å²) in [6.45, 7) is 2.61. The Morgan fingerprint density at radius 3 is 2.72 bits per heavy atom. The van der Waals surface area contributed by atoms with Crippen molar-refractivity contribution in [2.24, 2.45) is 0 Å². The van der Waals surface area contributed by atoms with E-state index in [1.807, 2.05) is 0 Å². The van der Waals surface area contributed by atoms with Gasteiger partial charge in [0.2, 0.25) is 0 Å². The van der Waals surface area contributed by atoms with Crippen LogP contribution in [0.2, 0.25) is 0 Å². The minimum absolute atomic E-state index is 0.00233. The van der Waals surface area contributed by atoms with Gasteiger partial charge in [-0.15, -0.1) is 6.42 Å². The van der Waals surface area contributed by atoms with E-state index in [0.29, 0.717) is 0 Å². The number of rotatable bonds is 3. The van der Waals surface area contributed by atoms with Gasteiger partial charge in [-0.1, -0.05) is 5.92 Å². The van der Waals surface area contributed by atoms with Crippen LogP contribution < -0.4 is 5.56 Å². The summed E-state index contributed by atoms with van der Waals surface area (Å²) in [6.07, 6.45) is 5.06. The number of ether oxygens (including phenoxy) is 1. The molecule has 18 heavy (non-hydrogen) atoms. The standard InChI is InChI=1S/C12H12FNO4/c1-4-6-14-7(3)9(13)10(15)8(11(14)16)12(17)18-5-2/h1,15H,5-6H2,2-3H3. The summed E-state index contributed by atoms with van der Waals surface area (Å²) in [6, 6.07) is 0. The van der Waals surface area contributed by atoms with Gasteiger partial charge in [0.25, 0.3) is 5.56 Å². The minimum Gasteiger partial charge on any atom is -0.504 e. The molecule has 1 rings (SSSR count). The number of esters is 1. The van der Waals surface area contributed by atoms with Crippen LogP contribution in [0.4, 0.5) is 4.39 Å².